The lowest BCUT2D eigenvalue weighted by Crippen LogP contribution is -2.17. The van der Waals surface area contributed by atoms with Crippen LogP contribution in [0.15, 0.2) is 59.7 Å². The molecule has 0 aliphatic heterocycles. The third-order valence-electron chi connectivity index (χ3n) is 4.11. The second-order valence-corrected chi connectivity index (χ2v) is 5.78. The standard InChI is InChI=1S/C20H17N3O5/c1-27-18-10-16(17(23(25)26)11-19(18)28-2)12-21-22-20(24)15-8-7-13-5-3-4-6-14(13)9-15/h3-12H,1-2H3,(H,22,24)/b21-12-. The van der Waals surface area contributed by atoms with E-state index >= 15 is 0 Å². The topological polar surface area (TPSA) is 103 Å². The van der Waals surface area contributed by atoms with Gasteiger partial charge in [-0.1, -0.05) is 30.3 Å². The Bertz CT molecular complexity index is 1080. The van der Waals surface area contributed by atoms with Crippen LogP contribution in [-0.2, 0) is 0 Å². The highest BCUT2D eigenvalue weighted by molar-refractivity contribution is 5.99. The average Bonchev–Trinajstić information content (AvgIpc) is 2.72. The van der Waals surface area contributed by atoms with Gasteiger partial charge in [0.1, 0.15) is 0 Å². The first kappa shape index (κ1) is 18.8. The summed E-state index contributed by atoms with van der Waals surface area (Å²) < 4.78 is 10.2. The van der Waals surface area contributed by atoms with Gasteiger partial charge in [-0.2, -0.15) is 5.10 Å². The summed E-state index contributed by atoms with van der Waals surface area (Å²) in [6.07, 6.45) is 1.19. The number of nitro groups is 1. The van der Waals surface area contributed by atoms with Gasteiger partial charge in [0.05, 0.1) is 37.0 Å². The maximum atomic E-state index is 12.3. The molecule has 0 fully saturated rings. The molecule has 1 amide bonds. The Hall–Kier alpha value is -3.94. The Morgan fingerprint density at radius 3 is 2.39 bits per heavy atom. The summed E-state index contributed by atoms with van der Waals surface area (Å²) in [5, 5.41) is 17.1. The number of carbonyl (C=O) groups is 1. The number of amides is 1. The van der Waals surface area contributed by atoms with E-state index in [-0.39, 0.29) is 17.0 Å². The highest BCUT2D eigenvalue weighted by Crippen LogP contribution is 2.33. The van der Waals surface area contributed by atoms with E-state index in [1.807, 2.05) is 30.3 Å². The summed E-state index contributed by atoms with van der Waals surface area (Å²) in [5.41, 5.74) is 2.76. The summed E-state index contributed by atoms with van der Waals surface area (Å²) in [6, 6.07) is 15.6. The number of ether oxygens (including phenoxy) is 2. The number of hydrogen-bond acceptors (Lipinski definition) is 6. The summed E-state index contributed by atoms with van der Waals surface area (Å²) in [4.78, 5) is 23.0. The number of carbonyl (C=O) groups excluding carboxylic acids is 1. The molecule has 0 heterocycles. The minimum absolute atomic E-state index is 0.168. The highest BCUT2D eigenvalue weighted by atomic mass is 16.6. The van der Waals surface area contributed by atoms with Crippen LogP contribution in [0.5, 0.6) is 11.5 Å². The molecular formula is C20H17N3O5. The summed E-state index contributed by atoms with van der Waals surface area (Å²) in [7, 11) is 2.81. The van der Waals surface area contributed by atoms with Crippen LogP contribution in [0.2, 0.25) is 0 Å². The molecule has 0 aliphatic carbocycles. The Balaban J connectivity index is 1.83. The van der Waals surface area contributed by atoms with Crippen LogP contribution >= 0.6 is 0 Å². The molecule has 3 rings (SSSR count). The fraction of sp³-hybridized carbons (Fsp3) is 0.100. The van der Waals surface area contributed by atoms with Crippen molar-refractivity contribution in [2.45, 2.75) is 0 Å². The largest absolute Gasteiger partial charge is 0.493 e. The number of methoxy groups -OCH3 is 2. The van der Waals surface area contributed by atoms with E-state index in [2.05, 4.69) is 10.5 Å². The van der Waals surface area contributed by atoms with Crippen LogP contribution in [0.3, 0.4) is 0 Å². The minimum Gasteiger partial charge on any atom is -0.493 e. The zero-order valence-electron chi connectivity index (χ0n) is 15.2. The van der Waals surface area contributed by atoms with Gasteiger partial charge < -0.3 is 9.47 Å². The molecule has 0 saturated heterocycles. The van der Waals surface area contributed by atoms with E-state index in [0.29, 0.717) is 11.3 Å². The van der Waals surface area contributed by atoms with Crippen LogP contribution in [-0.4, -0.2) is 31.3 Å². The lowest BCUT2D eigenvalue weighted by atomic mass is 10.1. The van der Waals surface area contributed by atoms with Gasteiger partial charge in [-0.3, -0.25) is 14.9 Å². The molecule has 0 atom stereocenters. The van der Waals surface area contributed by atoms with Crippen molar-refractivity contribution >= 4 is 28.6 Å². The van der Waals surface area contributed by atoms with Crippen LogP contribution in [0.25, 0.3) is 10.8 Å². The maximum absolute atomic E-state index is 12.3. The zero-order valence-corrected chi connectivity index (χ0v) is 15.2. The second kappa shape index (κ2) is 8.17. The summed E-state index contributed by atoms with van der Waals surface area (Å²) >= 11 is 0. The van der Waals surface area contributed by atoms with Crippen molar-refractivity contribution in [3.63, 3.8) is 0 Å². The second-order valence-electron chi connectivity index (χ2n) is 5.78. The third kappa shape index (κ3) is 3.90. The molecule has 0 bridgehead atoms. The van der Waals surface area contributed by atoms with Gasteiger partial charge in [-0.25, -0.2) is 5.43 Å². The van der Waals surface area contributed by atoms with Crippen molar-refractivity contribution in [3.8, 4) is 11.5 Å². The number of rotatable bonds is 6. The molecule has 0 aromatic heterocycles. The Labute approximate surface area is 160 Å². The molecular weight excluding hydrogens is 362 g/mol. The molecule has 1 N–H and O–H groups in total. The molecule has 0 spiro atoms. The number of nitro benzene ring substituents is 1. The van der Waals surface area contributed by atoms with Crippen LogP contribution in [0.4, 0.5) is 5.69 Å². The molecule has 0 radical (unpaired) electrons. The smallest absolute Gasteiger partial charge is 0.282 e. The number of fused-ring (bicyclic) bond motifs is 1. The fourth-order valence-corrected chi connectivity index (χ4v) is 2.70. The number of benzene rings is 3. The molecule has 3 aromatic carbocycles. The van der Waals surface area contributed by atoms with Crippen molar-refractivity contribution in [1.29, 1.82) is 0 Å². The van der Waals surface area contributed by atoms with Crippen molar-refractivity contribution < 1.29 is 19.2 Å². The van der Waals surface area contributed by atoms with Crippen LogP contribution in [0.1, 0.15) is 15.9 Å². The predicted octanol–water partition coefficient (Wildman–Crippen LogP) is 3.53. The average molecular weight is 379 g/mol. The number of nitrogens with zero attached hydrogens (tertiary/aromatic N) is 2. The van der Waals surface area contributed by atoms with Crippen molar-refractivity contribution in [2.24, 2.45) is 5.10 Å². The molecule has 8 nitrogen and oxygen atoms in total. The third-order valence-corrected chi connectivity index (χ3v) is 4.11. The van der Waals surface area contributed by atoms with E-state index in [1.165, 1.54) is 32.6 Å². The van der Waals surface area contributed by atoms with E-state index in [4.69, 9.17) is 9.47 Å². The summed E-state index contributed by atoms with van der Waals surface area (Å²) in [5.74, 6) is 0.118. The molecule has 3 aromatic rings. The molecule has 0 saturated carbocycles. The number of nitrogens with one attached hydrogen (secondary N) is 1. The quantitative estimate of drug-likeness (QED) is 0.401. The van der Waals surface area contributed by atoms with Gasteiger partial charge in [-0.15, -0.1) is 0 Å². The van der Waals surface area contributed by atoms with E-state index in [0.717, 1.165) is 10.8 Å². The van der Waals surface area contributed by atoms with E-state index in [9.17, 15) is 14.9 Å². The molecule has 142 valence electrons. The Morgan fingerprint density at radius 2 is 1.71 bits per heavy atom. The van der Waals surface area contributed by atoms with E-state index < -0.39 is 10.8 Å². The predicted molar refractivity (Wildman–Crippen MR) is 105 cm³/mol. The first-order valence-electron chi connectivity index (χ1n) is 8.26. The maximum Gasteiger partial charge on any atom is 0.282 e. The lowest BCUT2D eigenvalue weighted by Gasteiger charge is -2.08. The first-order chi connectivity index (χ1) is 13.5. The SMILES string of the molecule is COc1cc(/C=N\NC(=O)c2ccc3ccccc3c2)c([N+](=O)[O-])cc1OC. The van der Waals surface area contributed by atoms with Gasteiger partial charge in [0.2, 0.25) is 0 Å². The van der Waals surface area contributed by atoms with Crippen molar-refractivity contribution in [2.75, 3.05) is 14.2 Å². The molecule has 0 unspecified atom stereocenters. The van der Waals surface area contributed by atoms with Gasteiger partial charge in [-0.05, 0) is 29.0 Å². The molecule has 8 heteroatoms. The normalized spacial score (nSPS) is 10.8. The number of hydrazone groups is 1. The summed E-state index contributed by atoms with van der Waals surface area (Å²) in [6.45, 7) is 0. The van der Waals surface area contributed by atoms with Gasteiger partial charge in [0, 0.05) is 5.56 Å². The van der Waals surface area contributed by atoms with Crippen molar-refractivity contribution in [1.82, 2.24) is 5.43 Å². The zero-order chi connectivity index (χ0) is 20.1. The fourth-order valence-electron chi connectivity index (χ4n) is 2.70. The van der Waals surface area contributed by atoms with Gasteiger partial charge in [0.15, 0.2) is 11.5 Å². The minimum atomic E-state index is -0.561. The van der Waals surface area contributed by atoms with Crippen LogP contribution in [0, 0.1) is 10.1 Å². The lowest BCUT2D eigenvalue weighted by molar-refractivity contribution is -0.385. The molecule has 0 aliphatic rings. The monoisotopic (exact) mass is 379 g/mol. The Morgan fingerprint density at radius 1 is 1.04 bits per heavy atom. The Kier molecular flexibility index (Phi) is 5.50. The molecule has 28 heavy (non-hydrogen) atoms. The number of hydrogen-bond donors (Lipinski definition) is 1. The van der Waals surface area contributed by atoms with Gasteiger partial charge >= 0.3 is 0 Å². The van der Waals surface area contributed by atoms with Gasteiger partial charge in [0.25, 0.3) is 11.6 Å². The van der Waals surface area contributed by atoms with Crippen LogP contribution < -0.4 is 14.9 Å². The van der Waals surface area contributed by atoms with E-state index in [1.54, 1.807) is 12.1 Å². The first-order valence-corrected chi connectivity index (χ1v) is 8.26. The highest BCUT2D eigenvalue weighted by Gasteiger charge is 2.18. The van der Waals surface area contributed by atoms with Crippen molar-refractivity contribution in [3.05, 3.63) is 75.8 Å².